The van der Waals surface area contributed by atoms with E-state index in [0.717, 1.165) is 21.2 Å². The van der Waals surface area contributed by atoms with Crippen molar-refractivity contribution in [3.8, 4) is 11.3 Å². The van der Waals surface area contributed by atoms with Crippen LogP contribution in [0.2, 0.25) is 5.02 Å². The van der Waals surface area contributed by atoms with Crippen molar-refractivity contribution in [3.05, 3.63) is 64.2 Å². The van der Waals surface area contributed by atoms with E-state index >= 15 is 0 Å². The van der Waals surface area contributed by atoms with Crippen LogP contribution in [0.3, 0.4) is 0 Å². The van der Waals surface area contributed by atoms with E-state index in [0.29, 0.717) is 10.7 Å². The molecule has 0 aliphatic rings. The number of nitrogens with one attached hydrogen (secondary N) is 1. The van der Waals surface area contributed by atoms with Crippen molar-refractivity contribution in [2.75, 3.05) is 11.1 Å². The number of aromatic nitrogens is 1. The second-order valence-electron chi connectivity index (χ2n) is 5.30. The molecule has 2 aromatic carbocycles. The fourth-order valence-corrected chi connectivity index (χ4v) is 3.93. The number of benzene rings is 2. The molecule has 1 amide bonds. The van der Waals surface area contributed by atoms with Gasteiger partial charge in [-0.3, -0.25) is 4.79 Å². The van der Waals surface area contributed by atoms with Gasteiger partial charge in [0.15, 0.2) is 4.34 Å². The number of thioether (sulfide) groups is 1. The van der Waals surface area contributed by atoms with Crippen LogP contribution in [-0.2, 0) is 4.79 Å². The zero-order valence-electron chi connectivity index (χ0n) is 13.3. The molecule has 0 aliphatic heterocycles. The zero-order chi connectivity index (χ0) is 17.8. The summed E-state index contributed by atoms with van der Waals surface area (Å²) in [6, 6.07) is 11.6. The van der Waals surface area contributed by atoms with Crippen molar-refractivity contribution < 1.29 is 9.18 Å². The SMILES string of the molecule is Cc1ccc(Cl)cc1NC(=O)CSc1nc(-c2ccc(F)cc2)cs1. The third-order valence-electron chi connectivity index (χ3n) is 3.42. The Morgan fingerprint density at radius 2 is 2.04 bits per heavy atom. The highest BCUT2D eigenvalue weighted by molar-refractivity contribution is 8.01. The Morgan fingerprint density at radius 1 is 1.28 bits per heavy atom. The van der Waals surface area contributed by atoms with Crippen LogP contribution in [0.5, 0.6) is 0 Å². The minimum absolute atomic E-state index is 0.117. The first-order valence-electron chi connectivity index (χ1n) is 7.41. The van der Waals surface area contributed by atoms with Crippen molar-refractivity contribution in [1.29, 1.82) is 0 Å². The quantitative estimate of drug-likeness (QED) is 0.571. The average molecular weight is 393 g/mol. The summed E-state index contributed by atoms with van der Waals surface area (Å²) in [5, 5.41) is 5.34. The normalized spacial score (nSPS) is 10.7. The lowest BCUT2D eigenvalue weighted by atomic mass is 10.2. The van der Waals surface area contributed by atoms with Crippen LogP contribution in [0.15, 0.2) is 52.2 Å². The van der Waals surface area contributed by atoms with Gasteiger partial charge in [-0.15, -0.1) is 11.3 Å². The standard InChI is InChI=1S/C18H14ClFN2OS2/c1-11-2-5-13(19)8-15(11)21-17(23)10-25-18-22-16(9-24-18)12-3-6-14(20)7-4-12/h2-9H,10H2,1H3,(H,21,23). The van der Waals surface area contributed by atoms with Gasteiger partial charge in [-0.25, -0.2) is 9.37 Å². The van der Waals surface area contributed by atoms with E-state index in [2.05, 4.69) is 10.3 Å². The number of anilines is 1. The molecule has 0 saturated heterocycles. The maximum atomic E-state index is 13.0. The number of rotatable bonds is 5. The first-order chi connectivity index (χ1) is 12.0. The average Bonchev–Trinajstić information content (AvgIpc) is 3.06. The van der Waals surface area contributed by atoms with Crippen molar-refractivity contribution in [2.24, 2.45) is 0 Å². The Balaban J connectivity index is 1.59. The molecule has 0 atom stereocenters. The largest absolute Gasteiger partial charge is 0.325 e. The summed E-state index contributed by atoms with van der Waals surface area (Å²) in [5.74, 6) is -0.141. The Morgan fingerprint density at radius 3 is 2.80 bits per heavy atom. The molecule has 3 aromatic rings. The van der Waals surface area contributed by atoms with E-state index in [1.54, 1.807) is 24.3 Å². The molecular weight excluding hydrogens is 379 g/mol. The first kappa shape index (κ1) is 17.9. The van der Waals surface area contributed by atoms with Gasteiger partial charge in [0, 0.05) is 21.7 Å². The summed E-state index contributed by atoms with van der Waals surface area (Å²) in [6.07, 6.45) is 0. The number of carbonyl (C=O) groups is 1. The van der Waals surface area contributed by atoms with Crippen LogP contribution in [-0.4, -0.2) is 16.6 Å². The lowest BCUT2D eigenvalue weighted by molar-refractivity contribution is -0.113. The Hall–Kier alpha value is -1.89. The Bertz CT molecular complexity index is 896. The molecule has 0 unspecified atom stereocenters. The molecule has 128 valence electrons. The lowest BCUT2D eigenvalue weighted by Gasteiger charge is -2.08. The van der Waals surface area contributed by atoms with Gasteiger partial charge in [0.1, 0.15) is 5.82 Å². The van der Waals surface area contributed by atoms with Crippen molar-refractivity contribution in [2.45, 2.75) is 11.3 Å². The molecule has 0 saturated carbocycles. The van der Waals surface area contributed by atoms with Gasteiger partial charge >= 0.3 is 0 Å². The van der Waals surface area contributed by atoms with Gasteiger partial charge in [-0.05, 0) is 48.9 Å². The fraction of sp³-hybridized carbons (Fsp3) is 0.111. The number of nitrogens with zero attached hydrogens (tertiary/aromatic N) is 1. The number of thiazole rings is 1. The van der Waals surface area contributed by atoms with E-state index in [1.807, 2.05) is 18.4 Å². The Labute approximate surface area is 158 Å². The number of carbonyl (C=O) groups excluding carboxylic acids is 1. The van der Waals surface area contributed by atoms with Gasteiger partial charge in [-0.2, -0.15) is 0 Å². The van der Waals surface area contributed by atoms with Crippen molar-refractivity contribution in [1.82, 2.24) is 4.98 Å². The van der Waals surface area contributed by atoms with Crippen LogP contribution in [0.4, 0.5) is 10.1 Å². The topological polar surface area (TPSA) is 42.0 Å². The van der Waals surface area contributed by atoms with Gasteiger partial charge in [0.2, 0.25) is 5.91 Å². The van der Waals surface area contributed by atoms with Crippen molar-refractivity contribution in [3.63, 3.8) is 0 Å². The predicted octanol–water partition coefficient (Wildman–Crippen LogP) is 5.64. The summed E-state index contributed by atoms with van der Waals surface area (Å²) in [5.41, 5.74) is 3.29. The van der Waals surface area contributed by atoms with Crippen molar-refractivity contribution >= 4 is 46.3 Å². The molecule has 1 heterocycles. The summed E-state index contributed by atoms with van der Waals surface area (Å²) in [7, 11) is 0. The van der Waals surface area contributed by atoms with Crippen LogP contribution in [0.25, 0.3) is 11.3 Å². The minimum atomic E-state index is -0.276. The van der Waals surface area contributed by atoms with E-state index < -0.39 is 0 Å². The molecule has 1 aromatic heterocycles. The van der Waals surface area contributed by atoms with Crippen LogP contribution in [0, 0.1) is 12.7 Å². The molecule has 0 aliphatic carbocycles. The number of amides is 1. The summed E-state index contributed by atoms with van der Waals surface area (Å²) < 4.78 is 13.8. The number of hydrogen-bond donors (Lipinski definition) is 1. The van der Waals surface area contributed by atoms with E-state index in [1.165, 1.54) is 35.2 Å². The second kappa shape index (κ2) is 7.99. The third kappa shape index (κ3) is 4.81. The molecule has 0 fully saturated rings. The van der Waals surface area contributed by atoms with E-state index in [9.17, 15) is 9.18 Å². The predicted molar refractivity (Wildman–Crippen MR) is 103 cm³/mol. The van der Waals surface area contributed by atoms with Gasteiger partial charge < -0.3 is 5.32 Å². The fourth-order valence-electron chi connectivity index (χ4n) is 2.12. The second-order valence-corrected chi connectivity index (χ2v) is 7.82. The van der Waals surface area contributed by atoms with Gasteiger partial charge in [-0.1, -0.05) is 29.4 Å². The number of aryl methyl sites for hydroxylation is 1. The van der Waals surface area contributed by atoms with Crippen LogP contribution >= 0.6 is 34.7 Å². The maximum absolute atomic E-state index is 13.0. The number of halogens is 2. The summed E-state index contributed by atoms with van der Waals surface area (Å²) in [4.78, 5) is 16.6. The monoisotopic (exact) mass is 392 g/mol. The highest BCUT2D eigenvalue weighted by atomic mass is 35.5. The van der Waals surface area contributed by atoms with Gasteiger partial charge in [0.25, 0.3) is 0 Å². The molecule has 0 radical (unpaired) electrons. The van der Waals surface area contributed by atoms with E-state index in [-0.39, 0.29) is 17.5 Å². The smallest absolute Gasteiger partial charge is 0.234 e. The van der Waals surface area contributed by atoms with Crippen LogP contribution in [0.1, 0.15) is 5.56 Å². The summed E-state index contributed by atoms with van der Waals surface area (Å²) >= 11 is 8.78. The highest BCUT2D eigenvalue weighted by Crippen LogP contribution is 2.28. The lowest BCUT2D eigenvalue weighted by Crippen LogP contribution is -2.14. The molecular formula is C18H14ClFN2OS2. The first-order valence-corrected chi connectivity index (χ1v) is 9.66. The molecule has 0 spiro atoms. The molecule has 3 rings (SSSR count). The Kier molecular flexibility index (Phi) is 5.73. The zero-order valence-corrected chi connectivity index (χ0v) is 15.6. The van der Waals surface area contributed by atoms with E-state index in [4.69, 9.17) is 11.6 Å². The minimum Gasteiger partial charge on any atom is -0.325 e. The summed E-state index contributed by atoms with van der Waals surface area (Å²) in [6.45, 7) is 1.91. The molecule has 1 N–H and O–H groups in total. The molecule has 25 heavy (non-hydrogen) atoms. The van der Waals surface area contributed by atoms with Crippen LogP contribution < -0.4 is 5.32 Å². The highest BCUT2D eigenvalue weighted by Gasteiger charge is 2.10. The van der Waals surface area contributed by atoms with Gasteiger partial charge in [0.05, 0.1) is 11.4 Å². The third-order valence-corrected chi connectivity index (χ3v) is 5.68. The molecule has 3 nitrogen and oxygen atoms in total. The molecule has 0 bridgehead atoms. The molecule has 7 heteroatoms. The maximum Gasteiger partial charge on any atom is 0.234 e. The number of hydrogen-bond acceptors (Lipinski definition) is 4.